The number of carboxylic acids is 1. The van der Waals surface area contributed by atoms with Gasteiger partial charge in [0, 0.05) is 18.3 Å². The number of nitrogens with one attached hydrogen (secondary N) is 1. The Labute approximate surface area is 108 Å². The van der Waals surface area contributed by atoms with Crippen molar-refractivity contribution in [3.8, 4) is 0 Å². The average molecular weight is 266 g/mol. The molecule has 0 spiro atoms. The molecule has 1 aromatic rings. The van der Waals surface area contributed by atoms with Gasteiger partial charge in [0.2, 0.25) is 5.91 Å². The molecular weight excluding hydrogens is 252 g/mol. The molecule has 1 rings (SSSR count). The maximum absolute atomic E-state index is 11.8. The zero-order valence-electron chi connectivity index (χ0n) is 10.00. The van der Waals surface area contributed by atoms with Crippen LogP contribution in [0.1, 0.15) is 22.5 Å². The second-order valence-corrected chi connectivity index (χ2v) is 3.77. The van der Waals surface area contributed by atoms with E-state index in [-0.39, 0.29) is 12.1 Å². The first-order valence-electron chi connectivity index (χ1n) is 5.41. The van der Waals surface area contributed by atoms with Crippen molar-refractivity contribution in [1.29, 1.82) is 0 Å². The second-order valence-electron chi connectivity index (χ2n) is 3.77. The summed E-state index contributed by atoms with van der Waals surface area (Å²) < 4.78 is 0. The number of primary amides is 1. The normalized spacial score (nSPS) is 11.6. The Morgan fingerprint density at radius 3 is 2.63 bits per heavy atom. The number of aliphatic carboxylic acids is 1. The van der Waals surface area contributed by atoms with Crippen LogP contribution in [0.25, 0.3) is 0 Å². The van der Waals surface area contributed by atoms with E-state index in [0.717, 1.165) is 0 Å². The number of amides is 2. The van der Waals surface area contributed by atoms with Gasteiger partial charge in [-0.2, -0.15) is 0 Å². The van der Waals surface area contributed by atoms with Crippen molar-refractivity contribution in [3.63, 3.8) is 0 Å². The number of nitrogens with two attached hydrogens (primary N) is 2. The summed E-state index contributed by atoms with van der Waals surface area (Å²) in [5.74, 6) is -2.78. The number of aromatic nitrogens is 1. The van der Waals surface area contributed by atoms with Crippen LogP contribution in [-0.2, 0) is 16.1 Å². The molecule has 0 aliphatic rings. The zero-order chi connectivity index (χ0) is 14.4. The van der Waals surface area contributed by atoms with Crippen LogP contribution in [0.5, 0.6) is 0 Å². The first-order chi connectivity index (χ1) is 8.93. The fourth-order valence-electron chi connectivity index (χ4n) is 1.37. The molecule has 0 fully saturated rings. The third kappa shape index (κ3) is 4.36. The molecule has 0 saturated carbocycles. The van der Waals surface area contributed by atoms with Gasteiger partial charge in [0.1, 0.15) is 6.04 Å². The maximum Gasteiger partial charge on any atom is 0.326 e. The predicted octanol–water partition coefficient (Wildman–Crippen LogP) is -1.40. The molecule has 0 aliphatic heterocycles. The summed E-state index contributed by atoms with van der Waals surface area (Å²) in [5, 5.41) is 11.1. The Morgan fingerprint density at radius 2 is 2.11 bits per heavy atom. The minimum Gasteiger partial charge on any atom is -0.480 e. The number of hydrogen-bond acceptors (Lipinski definition) is 5. The van der Waals surface area contributed by atoms with E-state index < -0.39 is 30.2 Å². The van der Waals surface area contributed by atoms with Crippen LogP contribution in [0, 0.1) is 0 Å². The van der Waals surface area contributed by atoms with Gasteiger partial charge in [0.15, 0.2) is 0 Å². The quantitative estimate of drug-likeness (QED) is 0.497. The van der Waals surface area contributed by atoms with Gasteiger partial charge < -0.3 is 21.9 Å². The van der Waals surface area contributed by atoms with Crippen LogP contribution >= 0.6 is 0 Å². The summed E-state index contributed by atoms with van der Waals surface area (Å²) >= 11 is 0. The Balaban J connectivity index is 2.81. The molecule has 0 radical (unpaired) electrons. The topological polar surface area (TPSA) is 148 Å². The van der Waals surface area contributed by atoms with Crippen LogP contribution in [0.2, 0.25) is 0 Å². The van der Waals surface area contributed by atoms with Crippen molar-refractivity contribution in [2.75, 3.05) is 0 Å². The van der Waals surface area contributed by atoms with E-state index in [1.807, 2.05) is 0 Å². The highest BCUT2D eigenvalue weighted by Crippen LogP contribution is 2.03. The molecule has 102 valence electrons. The van der Waals surface area contributed by atoms with Gasteiger partial charge >= 0.3 is 5.97 Å². The highest BCUT2D eigenvalue weighted by molar-refractivity contribution is 5.97. The third-order valence-corrected chi connectivity index (χ3v) is 2.30. The number of carbonyl (C=O) groups is 3. The number of pyridine rings is 1. The molecule has 0 aromatic carbocycles. The minimum absolute atomic E-state index is 0.158. The van der Waals surface area contributed by atoms with E-state index in [1.165, 1.54) is 18.3 Å². The molecule has 6 N–H and O–H groups in total. The van der Waals surface area contributed by atoms with Gasteiger partial charge in [-0.3, -0.25) is 14.6 Å². The molecule has 0 saturated heterocycles. The van der Waals surface area contributed by atoms with Gasteiger partial charge in [-0.1, -0.05) is 0 Å². The van der Waals surface area contributed by atoms with E-state index in [2.05, 4.69) is 10.3 Å². The van der Waals surface area contributed by atoms with E-state index >= 15 is 0 Å². The lowest BCUT2D eigenvalue weighted by molar-refractivity contribution is -0.140. The second kappa shape index (κ2) is 6.45. The first-order valence-corrected chi connectivity index (χ1v) is 5.41. The smallest absolute Gasteiger partial charge is 0.326 e. The summed E-state index contributed by atoms with van der Waals surface area (Å²) in [6, 6.07) is 1.50. The molecule has 1 aromatic heterocycles. The van der Waals surface area contributed by atoms with E-state index in [0.29, 0.717) is 5.69 Å². The van der Waals surface area contributed by atoms with Gasteiger partial charge in [-0.05, 0) is 12.1 Å². The largest absolute Gasteiger partial charge is 0.480 e. The fraction of sp³-hybridized carbons (Fsp3) is 0.273. The van der Waals surface area contributed by atoms with Crippen molar-refractivity contribution in [3.05, 3.63) is 29.6 Å². The summed E-state index contributed by atoms with van der Waals surface area (Å²) in [4.78, 5) is 37.3. The zero-order valence-corrected chi connectivity index (χ0v) is 10.00. The Hall–Kier alpha value is -2.48. The van der Waals surface area contributed by atoms with Crippen molar-refractivity contribution in [1.82, 2.24) is 10.3 Å². The fourth-order valence-corrected chi connectivity index (χ4v) is 1.37. The summed E-state index contributed by atoms with van der Waals surface area (Å²) in [7, 11) is 0. The van der Waals surface area contributed by atoms with Crippen LogP contribution in [0.15, 0.2) is 18.3 Å². The number of hydrogen-bond donors (Lipinski definition) is 4. The number of carbonyl (C=O) groups excluding carboxylic acids is 2. The van der Waals surface area contributed by atoms with Gasteiger partial charge in [0.25, 0.3) is 5.91 Å². The van der Waals surface area contributed by atoms with E-state index in [9.17, 15) is 14.4 Å². The lowest BCUT2D eigenvalue weighted by Crippen LogP contribution is -2.43. The molecular formula is C11H14N4O4. The van der Waals surface area contributed by atoms with Crippen LogP contribution in [0.3, 0.4) is 0 Å². The Bertz CT molecular complexity index is 503. The van der Waals surface area contributed by atoms with Crippen molar-refractivity contribution in [2.45, 2.75) is 19.0 Å². The third-order valence-electron chi connectivity index (χ3n) is 2.30. The molecule has 8 heteroatoms. The molecule has 1 atom stereocenters. The summed E-state index contributed by atoms with van der Waals surface area (Å²) in [6.07, 6.45) is 0.914. The van der Waals surface area contributed by atoms with Crippen LogP contribution < -0.4 is 16.8 Å². The monoisotopic (exact) mass is 266 g/mol. The molecule has 1 heterocycles. The number of nitrogens with zero attached hydrogens (tertiary/aromatic N) is 1. The summed E-state index contributed by atoms with van der Waals surface area (Å²) in [5.41, 5.74) is 11.0. The molecule has 2 amide bonds. The number of carboxylic acid groups (broad SMARTS) is 1. The van der Waals surface area contributed by atoms with Gasteiger partial charge in [-0.25, -0.2) is 4.79 Å². The molecule has 19 heavy (non-hydrogen) atoms. The summed E-state index contributed by atoms with van der Waals surface area (Å²) in [6.45, 7) is 0.158. The van der Waals surface area contributed by atoms with Gasteiger partial charge in [-0.15, -0.1) is 0 Å². The molecule has 8 nitrogen and oxygen atoms in total. The maximum atomic E-state index is 11.8. The molecule has 0 aliphatic carbocycles. The van der Waals surface area contributed by atoms with Crippen LogP contribution in [0.4, 0.5) is 0 Å². The van der Waals surface area contributed by atoms with Crippen molar-refractivity contribution < 1.29 is 19.5 Å². The lowest BCUT2D eigenvalue weighted by atomic mass is 10.1. The van der Waals surface area contributed by atoms with E-state index in [1.54, 1.807) is 0 Å². The standard InChI is InChI=1S/C11H14N4O4/c12-5-7-3-6(1-2-14-7)10(17)15-8(11(18)19)4-9(13)16/h1-3,8H,4-5,12H2,(H2,13,16)(H,15,17)(H,18,19). The van der Waals surface area contributed by atoms with Gasteiger partial charge in [0.05, 0.1) is 12.1 Å². The minimum atomic E-state index is -1.36. The molecule has 1 unspecified atom stereocenters. The Kier molecular flexibility index (Phi) is 4.95. The Morgan fingerprint density at radius 1 is 1.42 bits per heavy atom. The number of rotatable bonds is 6. The average Bonchev–Trinajstić information content (AvgIpc) is 2.37. The molecule has 0 bridgehead atoms. The SMILES string of the molecule is NCc1cc(C(=O)NC(CC(N)=O)C(=O)O)ccn1. The first kappa shape index (κ1) is 14.6. The van der Waals surface area contributed by atoms with Crippen LogP contribution in [-0.4, -0.2) is 33.9 Å². The predicted molar refractivity (Wildman–Crippen MR) is 64.8 cm³/mol. The van der Waals surface area contributed by atoms with E-state index in [4.69, 9.17) is 16.6 Å². The highest BCUT2D eigenvalue weighted by atomic mass is 16.4. The van der Waals surface area contributed by atoms with Crippen molar-refractivity contribution >= 4 is 17.8 Å². The lowest BCUT2D eigenvalue weighted by Gasteiger charge is -2.12. The highest BCUT2D eigenvalue weighted by Gasteiger charge is 2.22. The van der Waals surface area contributed by atoms with Crippen molar-refractivity contribution in [2.24, 2.45) is 11.5 Å².